The van der Waals surface area contributed by atoms with Gasteiger partial charge >= 0.3 is 0 Å². The fraction of sp³-hybridized carbons (Fsp3) is 1.00. The summed E-state index contributed by atoms with van der Waals surface area (Å²) in [5.41, 5.74) is 0. The molecule has 8 heteroatoms. The van der Waals surface area contributed by atoms with Gasteiger partial charge in [0.05, 0.1) is 31.5 Å². The topological polar surface area (TPSA) is 73.8 Å². The molecule has 2 rings (SSSR count). The van der Waals surface area contributed by atoms with Crippen molar-refractivity contribution in [2.45, 2.75) is 169 Å². The lowest BCUT2D eigenvalue weighted by molar-refractivity contribution is -0.337. The highest BCUT2D eigenvalue weighted by Gasteiger charge is 2.50. The second-order valence-corrected chi connectivity index (χ2v) is 12.7. The second kappa shape index (κ2) is 23.1. The van der Waals surface area contributed by atoms with Crippen LogP contribution >= 0.6 is 0 Å². The minimum atomic E-state index is -0.512. The minimum absolute atomic E-state index is 0.0390. The normalized spacial score (nSPS) is 33.2. The lowest BCUT2D eigenvalue weighted by atomic mass is 9.87. The van der Waals surface area contributed by atoms with Crippen LogP contribution in [0.3, 0.4) is 0 Å². The molecular weight excluding hydrogens is 548 g/mol. The van der Waals surface area contributed by atoms with Crippen LogP contribution in [0.1, 0.15) is 120 Å². The van der Waals surface area contributed by atoms with Crippen molar-refractivity contribution in [2.75, 3.05) is 46.2 Å². The highest BCUT2D eigenvalue weighted by molar-refractivity contribution is 4.95. The van der Waals surface area contributed by atoms with E-state index < -0.39 is 6.29 Å². The third-order valence-electron chi connectivity index (χ3n) is 8.85. The Morgan fingerprint density at radius 2 is 0.884 bits per heavy atom. The third-order valence-corrected chi connectivity index (χ3v) is 8.85. The molecule has 0 amide bonds. The average Bonchev–Trinajstić information content (AvgIpc) is 3.00. The van der Waals surface area contributed by atoms with Crippen molar-refractivity contribution in [3.05, 3.63) is 0 Å². The third kappa shape index (κ3) is 13.1. The summed E-state index contributed by atoms with van der Waals surface area (Å²) in [6, 6.07) is 0. The Balaban J connectivity index is 2.33. The summed E-state index contributed by atoms with van der Waals surface area (Å²) in [6.07, 6.45) is 8.65. The van der Waals surface area contributed by atoms with Gasteiger partial charge in [0, 0.05) is 44.9 Å². The molecule has 43 heavy (non-hydrogen) atoms. The molecule has 2 heterocycles. The summed E-state index contributed by atoms with van der Waals surface area (Å²) in [7, 11) is 0. The predicted molar refractivity (Wildman–Crippen MR) is 172 cm³/mol. The van der Waals surface area contributed by atoms with Crippen molar-refractivity contribution in [3.8, 4) is 0 Å². The van der Waals surface area contributed by atoms with Gasteiger partial charge in [-0.2, -0.15) is 0 Å². The second-order valence-electron chi connectivity index (χ2n) is 12.7. The number of hydrogen-bond acceptors (Lipinski definition) is 8. The molecule has 0 aromatic carbocycles. The standard InChI is InChI=1S/C35H68O8/c1-9-14-19-36-24-29-33(40-23-18-13-5)32(39-22-17-12-4)27(7)35(42-29)43-34-30(25-37-20-15-10-2)41-28(8)26(6)31(34)38-21-16-11-3/h26-35H,9-25H2,1-8H3/t26?,27?,28-,29?,30?,31-,32-,33-,34+,35+/m1/s1. The fourth-order valence-corrected chi connectivity index (χ4v) is 5.72. The van der Waals surface area contributed by atoms with Crippen molar-refractivity contribution < 1.29 is 37.9 Å². The Labute approximate surface area is 264 Å². The first-order valence-electron chi connectivity index (χ1n) is 17.9. The van der Waals surface area contributed by atoms with E-state index in [4.69, 9.17) is 37.9 Å². The zero-order chi connectivity index (χ0) is 31.5. The molecule has 0 N–H and O–H groups in total. The molecule has 256 valence electrons. The molecule has 10 atom stereocenters. The van der Waals surface area contributed by atoms with E-state index in [0.717, 1.165) is 64.2 Å². The molecule has 2 saturated heterocycles. The SMILES string of the molecule is CCCCOCC1O[C@@H](O[C@H]2C(COCCCC)O[C@H](C)C(C)[C@H]2OCCCC)C(C)[C@@H](OCCCC)[C@@H]1OCCCC. The van der Waals surface area contributed by atoms with Crippen molar-refractivity contribution in [1.29, 1.82) is 0 Å². The first-order valence-corrected chi connectivity index (χ1v) is 17.9. The molecule has 0 aromatic rings. The van der Waals surface area contributed by atoms with Crippen LogP contribution in [-0.4, -0.2) is 95.3 Å². The molecule has 0 bridgehead atoms. The van der Waals surface area contributed by atoms with E-state index in [1.54, 1.807) is 0 Å². The molecule has 8 nitrogen and oxygen atoms in total. The van der Waals surface area contributed by atoms with Crippen LogP contribution in [0.5, 0.6) is 0 Å². The molecule has 0 saturated carbocycles. The van der Waals surface area contributed by atoms with Gasteiger partial charge in [0.25, 0.3) is 0 Å². The van der Waals surface area contributed by atoms with Gasteiger partial charge in [-0.05, 0) is 39.0 Å². The molecule has 2 fully saturated rings. The van der Waals surface area contributed by atoms with E-state index >= 15 is 0 Å². The van der Waals surface area contributed by atoms with E-state index in [-0.39, 0.29) is 54.6 Å². The maximum absolute atomic E-state index is 7.00. The van der Waals surface area contributed by atoms with Crippen LogP contribution in [0.4, 0.5) is 0 Å². The minimum Gasteiger partial charge on any atom is -0.379 e. The van der Waals surface area contributed by atoms with Crippen LogP contribution in [-0.2, 0) is 37.9 Å². The van der Waals surface area contributed by atoms with E-state index in [1.807, 2.05) is 0 Å². The van der Waals surface area contributed by atoms with Gasteiger partial charge in [-0.3, -0.25) is 0 Å². The summed E-state index contributed by atoms with van der Waals surface area (Å²) < 4.78 is 52.2. The van der Waals surface area contributed by atoms with Crippen LogP contribution in [0.25, 0.3) is 0 Å². The van der Waals surface area contributed by atoms with Crippen LogP contribution in [0.2, 0.25) is 0 Å². The van der Waals surface area contributed by atoms with E-state index in [9.17, 15) is 0 Å². The predicted octanol–water partition coefficient (Wildman–Crippen LogP) is 7.35. The molecule has 0 aliphatic carbocycles. The van der Waals surface area contributed by atoms with Crippen LogP contribution in [0.15, 0.2) is 0 Å². The lowest BCUT2D eigenvalue weighted by Gasteiger charge is -2.49. The van der Waals surface area contributed by atoms with E-state index in [1.165, 1.54) is 0 Å². The molecule has 2 aliphatic rings. The van der Waals surface area contributed by atoms with Crippen LogP contribution < -0.4 is 0 Å². The largest absolute Gasteiger partial charge is 0.379 e. The Bertz CT molecular complexity index is 666. The maximum Gasteiger partial charge on any atom is 0.163 e. The smallest absolute Gasteiger partial charge is 0.163 e. The molecular formula is C35H68O8. The number of ether oxygens (including phenoxy) is 8. The van der Waals surface area contributed by atoms with Gasteiger partial charge < -0.3 is 37.9 Å². The molecule has 4 unspecified atom stereocenters. The van der Waals surface area contributed by atoms with Crippen LogP contribution in [0, 0.1) is 11.8 Å². The van der Waals surface area contributed by atoms with E-state index in [2.05, 4.69) is 55.4 Å². The lowest BCUT2D eigenvalue weighted by Crippen LogP contribution is -2.62. The van der Waals surface area contributed by atoms with Crippen molar-refractivity contribution >= 4 is 0 Å². The number of hydrogen-bond donors (Lipinski definition) is 0. The highest BCUT2D eigenvalue weighted by Crippen LogP contribution is 2.37. The molecule has 0 aromatic heterocycles. The first-order chi connectivity index (χ1) is 20.9. The van der Waals surface area contributed by atoms with Gasteiger partial charge in [0.1, 0.15) is 24.4 Å². The summed E-state index contributed by atoms with van der Waals surface area (Å²) >= 11 is 0. The molecule has 0 radical (unpaired) electrons. The van der Waals surface area contributed by atoms with Gasteiger partial charge in [0.2, 0.25) is 0 Å². The zero-order valence-electron chi connectivity index (χ0n) is 29.1. The van der Waals surface area contributed by atoms with Gasteiger partial charge in [-0.25, -0.2) is 0 Å². The van der Waals surface area contributed by atoms with Crippen molar-refractivity contribution in [2.24, 2.45) is 11.8 Å². The number of rotatable bonds is 24. The molecule has 0 spiro atoms. The Morgan fingerprint density at radius 1 is 0.465 bits per heavy atom. The average molecular weight is 617 g/mol. The highest BCUT2D eigenvalue weighted by atomic mass is 16.7. The Kier molecular flexibility index (Phi) is 20.8. The first kappa shape index (κ1) is 38.9. The van der Waals surface area contributed by atoms with Crippen molar-refractivity contribution in [3.63, 3.8) is 0 Å². The summed E-state index contributed by atoms with van der Waals surface area (Å²) in [6.45, 7) is 21.8. The van der Waals surface area contributed by atoms with E-state index in [0.29, 0.717) is 46.2 Å². The fourth-order valence-electron chi connectivity index (χ4n) is 5.72. The number of unbranched alkanes of at least 4 members (excludes halogenated alkanes) is 5. The van der Waals surface area contributed by atoms with Gasteiger partial charge in [0.15, 0.2) is 6.29 Å². The van der Waals surface area contributed by atoms with Gasteiger partial charge in [-0.1, -0.05) is 80.6 Å². The maximum atomic E-state index is 7.00. The molecule has 2 aliphatic heterocycles. The zero-order valence-corrected chi connectivity index (χ0v) is 29.1. The van der Waals surface area contributed by atoms with Crippen molar-refractivity contribution in [1.82, 2.24) is 0 Å². The summed E-state index contributed by atoms with van der Waals surface area (Å²) in [5.74, 6) is 0.116. The Morgan fingerprint density at radius 3 is 1.37 bits per heavy atom. The quantitative estimate of drug-likeness (QED) is 0.104. The summed E-state index contributed by atoms with van der Waals surface area (Å²) in [4.78, 5) is 0. The summed E-state index contributed by atoms with van der Waals surface area (Å²) in [5, 5.41) is 0. The Hall–Kier alpha value is -0.320. The van der Waals surface area contributed by atoms with Gasteiger partial charge in [-0.15, -0.1) is 0 Å². The monoisotopic (exact) mass is 616 g/mol.